The van der Waals surface area contributed by atoms with Gasteiger partial charge in [-0.05, 0) is 31.0 Å². The highest BCUT2D eigenvalue weighted by atomic mass is 35.5. The molecule has 0 aliphatic rings. The highest BCUT2D eigenvalue weighted by Crippen LogP contribution is 2.49. The molecule has 3 nitrogen and oxygen atoms in total. The van der Waals surface area contributed by atoms with Gasteiger partial charge in [0.1, 0.15) is 5.75 Å². The molecule has 0 heterocycles. The topological polar surface area (TPSA) is 35.5 Å². The molecule has 5 heteroatoms. The Kier molecular flexibility index (Phi) is 14.0. The van der Waals surface area contributed by atoms with Crippen molar-refractivity contribution in [1.82, 2.24) is 0 Å². The molecule has 0 fully saturated rings. The van der Waals surface area contributed by atoms with Gasteiger partial charge in [0.15, 0.2) is 0 Å². The van der Waals surface area contributed by atoms with Gasteiger partial charge in [0.25, 0.3) is 0 Å². The zero-order valence-corrected chi connectivity index (χ0v) is 18.9. The summed E-state index contributed by atoms with van der Waals surface area (Å²) in [4.78, 5) is 0. The van der Waals surface area contributed by atoms with Gasteiger partial charge >= 0.3 is 7.60 Å². The Bertz CT molecular complexity index is 536. The van der Waals surface area contributed by atoms with Crippen molar-refractivity contribution in [3.05, 3.63) is 29.3 Å². The number of hydrogen-bond donors (Lipinski definition) is 0. The molecule has 27 heavy (non-hydrogen) atoms. The molecule has 156 valence electrons. The fourth-order valence-electron chi connectivity index (χ4n) is 2.97. The molecule has 1 aromatic rings. The van der Waals surface area contributed by atoms with Crippen LogP contribution < -0.4 is 4.52 Å². The van der Waals surface area contributed by atoms with Crippen LogP contribution in [-0.2, 0) is 9.09 Å². The van der Waals surface area contributed by atoms with Crippen molar-refractivity contribution in [2.24, 2.45) is 0 Å². The predicted octanol–water partition coefficient (Wildman–Crippen LogP) is 8.65. The summed E-state index contributed by atoms with van der Waals surface area (Å²) in [5.74, 6) is 0.519. The number of rotatable bonds is 17. The minimum absolute atomic E-state index is 0.452. The molecule has 0 aromatic heterocycles. The second-order valence-electron chi connectivity index (χ2n) is 7.25. The van der Waals surface area contributed by atoms with Gasteiger partial charge in [-0.15, -0.1) is 0 Å². The van der Waals surface area contributed by atoms with E-state index in [1.165, 1.54) is 51.4 Å². The standard InChI is InChI=1S/C22H38ClO3P/c1-3-5-7-8-9-10-11-12-13-14-18-25-27(24,19-6-4-2)26-22-17-15-16-21(23)20-22/h15-17,20H,3-14,18-19H2,1-2H3. The van der Waals surface area contributed by atoms with Gasteiger partial charge in [-0.2, -0.15) is 0 Å². The number of benzene rings is 1. The third-order valence-corrected chi connectivity index (χ3v) is 6.78. The van der Waals surface area contributed by atoms with Gasteiger partial charge in [0.2, 0.25) is 0 Å². The molecule has 0 amide bonds. The maximum Gasteiger partial charge on any atom is 0.379 e. The number of hydrogen-bond acceptors (Lipinski definition) is 3. The maximum atomic E-state index is 13.0. The molecule has 1 aromatic carbocycles. The molecule has 1 unspecified atom stereocenters. The zero-order chi connectivity index (χ0) is 19.8. The molecular weight excluding hydrogens is 379 g/mol. The van der Waals surface area contributed by atoms with Crippen LogP contribution in [-0.4, -0.2) is 12.8 Å². The predicted molar refractivity (Wildman–Crippen MR) is 117 cm³/mol. The summed E-state index contributed by atoms with van der Waals surface area (Å²) in [7, 11) is -3.11. The van der Waals surface area contributed by atoms with Crippen molar-refractivity contribution < 1.29 is 13.6 Å². The quantitative estimate of drug-likeness (QED) is 0.188. The van der Waals surface area contributed by atoms with E-state index in [1.54, 1.807) is 24.3 Å². The Hall–Kier alpha value is -0.500. The molecule has 0 saturated heterocycles. The second-order valence-corrected chi connectivity index (χ2v) is 9.80. The Morgan fingerprint density at radius 2 is 1.44 bits per heavy atom. The van der Waals surface area contributed by atoms with Gasteiger partial charge in [0.05, 0.1) is 12.8 Å². The molecule has 0 saturated carbocycles. The third-order valence-electron chi connectivity index (χ3n) is 4.61. The minimum atomic E-state index is -3.11. The van der Waals surface area contributed by atoms with E-state index in [4.69, 9.17) is 20.6 Å². The van der Waals surface area contributed by atoms with Crippen molar-refractivity contribution in [2.45, 2.75) is 90.9 Å². The van der Waals surface area contributed by atoms with Crippen molar-refractivity contribution in [3.8, 4) is 5.75 Å². The zero-order valence-electron chi connectivity index (χ0n) is 17.3. The van der Waals surface area contributed by atoms with Gasteiger partial charge in [-0.3, -0.25) is 4.52 Å². The molecule has 0 aliphatic heterocycles. The van der Waals surface area contributed by atoms with Gasteiger partial charge in [-0.1, -0.05) is 95.7 Å². The highest BCUT2D eigenvalue weighted by molar-refractivity contribution is 7.54. The van der Waals surface area contributed by atoms with Crippen LogP contribution in [0.15, 0.2) is 24.3 Å². The number of unbranched alkanes of at least 4 members (excludes halogenated alkanes) is 10. The second kappa shape index (κ2) is 15.4. The smallest absolute Gasteiger partial charge is 0.379 e. The average molecular weight is 417 g/mol. The summed E-state index contributed by atoms with van der Waals surface area (Å²) in [6.07, 6.45) is 14.9. The summed E-state index contributed by atoms with van der Waals surface area (Å²) in [6.45, 7) is 4.83. The fraction of sp³-hybridized carbons (Fsp3) is 0.727. The number of halogens is 1. The van der Waals surface area contributed by atoms with Crippen LogP contribution in [0.3, 0.4) is 0 Å². The molecular formula is C22H38ClO3P. The first-order valence-electron chi connectivity index (χ1n) is 10.8. The van der Waals surface area contributed by atoms with Crippen LogP contribution in [0.25, 0.3) is 0 Å². The van der Waals surface area contributed by atoms with Crippen LogP contribution in [0.5, 0.6) is 5.75 Å². The monoisotopic (exact) mass is 416 g/mol. The van der Waals surface area contributed by atoms with E-state index in [-0.39, 0.29) is 0 Å². The Labute approximate surface area is 171 Å². The Morgan fingerprint density at radius 1 is 0.852 bits per heavy atom. The molecule has 0 bridgehead atoms. The van der Waals surface area contributed by atoms with Crippen molar-refractivity contribution >= 4 is 19.2 Å². The molecule has 0 N–H and O–H groups in total. The molecule has 0 radical (unpaired) electrons. The SMILES string of the molecule is CCCCCCCCCCCCOP(=O)(CCCC)Oc1cccc(Cl)c1. The van der Waals surface area contributed by atoms with Crippen LogP contribution >= 0.6 is 19.2 Å². The van der Waals surface area contributed by atoms with Crippen molar-refractivity contribution in [3.63, 3.8) is 0 Å². The summed E-state index contributed by atoms with van der Waals surface area (Å²) < 4.78 is 24.5. The summed E-state index contributed by atoms with van der Waals surface area (Å²) in [5, 5.41) is 0.573. The lowest BCUT2D eigenvalue weighted by molar-refractivity contribution is 0.257. The largest absolute Gasteiger partial charge is 0.424 e. The van der Waals surface area contributed by atoms with Crippen LogP contribution in [0, 0.1) is 0 Å². The molecule has 0 aliphatic carbocycles. The van der Waals surface area contributed by atoms with E-state index in [0.717, 1.165) is 25.7 Å². The minimum Gasteiger partial charge on any atom is -0.424 e. The summed E-state index contributed by atoms with van der Waals surface area (Å²) in [6, 6.07) is 7.03. The van der Waals surface area contributed by atoms with Crippen LogP contribution in [0.4, 0.5) is 0 Å². The van der Waals surface area contributed by atoms with E-state index < -0.39 is 7.60 Å². The van der Waals surface area contributed by atoms with Gasteiger partial charge in [0, 0.05) is 5.02 Å². The Balaban J connectivity index is 2.23. The first-order chi connectivity index (χ1) is 13.1. The van der Waals surface area contributed by atoms with E-state index >= 15 is 0 Å². The highest BCUT2D eigenvalue weighted by Gasteiger charge is 2.25. The van der Waals surface area contributed by atoms with Gasteiger partial charge in [-0.25, -0.2) is 4.57 Å². The van der Waals surface area contributed by atoms with Crippen molar-refractivity contribution in [2.75, 3.05) is 12.8 Å². The molecule has 0 spiro atoms. The summed E-state index contributed by atoms with van der Waals surface area (Å²) in [5.41, 5.74) is 0. The normalized spacial score (nSPS) is 13.4. The lowest BCUT2D eigenvalue weighted by Gasteiger charge is -2.19. The third kappa shape index (κ3) is 12.5. The fourth-order valence-corrected chi connectivity index (χ4v) is 4.96. The lowest BCUT2D eigenvalue weighted by Crippen LogP contribution is -2.04. The van der Waals surface area contributed by atoms with E-state index in [2.05, 4.69) is 13.8 Å². The van der Waals surface area contributed by atoms with E-state index in [1.807, 2.05) is 0 Å². The van der Waals surface area contributed by atoms with Crippen molar-refractivity contribution in [1.29, 1.82) is 0 Å². The van der Waals surface area contributed by atoms with E-state index in [9.17, 15) is 4.57 Å². The average Bonchev–Trinajstić information content (AvgIpc) is 2.64. The molecule has 1 rings (SSSR count). The Morgan fingerprint density at radius 3 is 2.04 bits per heavy atom. The van der Waals surface area contributed by atoms with Crippen LogP contribution in [0.1, 0.15) is 90.9 Å². The lowest BCUT2D eigenvalue weighted by atomic mass is 10.1. The van der Waals surface area contributed by atoms with Gasteiger partial charge < -0.3 is 4.52 Å². The first kappa shape index (κ1) is 24.5. The van der Waals surface area contributed by atoms with E-state index in [0.29, 0.717) is 23.5 Å². The summed E-state index contributed by atoms with van der Waals surface area (Å²) >= 11 is 5.99. The first-order valence-corrected chi connectivity index (χ1v) is 12.9. The maximum absolute atomic E-state index is 13.0. The van der Waals surface area contributed by atoms with Crippen LogP contribution in [0.2, 0.25) is 5.02 Å². The molecule has 1 atom stereocenters.